The van der Waals surface area contributed by atoms with E-state index in [9.17, 15) is 0 Å². The smallest absolute Gasteiger partial charge is 0.119 e. The maximum Gasteiger partial charge on any atom is 0.119 e. The Morgan fingerprint density at radius 2 is 2.50 bits per heavy atom. The highest BCUT2D eigenvalue weighted by Gasteiger charge is 2.22. The number of nitrogens with one attached hydrogen (secondary N) is 1. The Morgan fingerprint density at radius 3 is 3.21 bits per heavy atom. The molecule has 1 unspecified atom stereocenters. The fraction of sp³-hybridized carbons (Fsp3) is 0.700. The standard InChI is InChI=1S/C10H16N2OS/c1-11-7-4-3-5-8-10(7)14-9(12-8)6-13-2/h7,11H,3-6H2,1-2H3. The Morgan fingerprint density at radius 1 is 1.64 bits per heavy atom. The fourth-order valence-corrected chi connectivity index (χ4v) is 3.16. The number of thiazole rings is 1. The maximum atomic E-state index is 5.10. The van der Waals surface area contributed by atoms with E-state index >= 15 is 0 Å². The van der Waals surface area contributed by atoms with Crippen molar-refractivity contribution in [3.8, 4) is 0 Å². The van der Waals surface area contributed by atoms with E-state index in [0.717, 1.165) is 11.4 Å². The third-order valence-corrected chi connectivity index (χ3v) is 3.80. The van der Waals surface area contributed by atoms with Crippen LogP contribution in [0, 0.1) is 0 Å². The van der Waals surface area contributed by atoms with Gasteiger partial charge in [-0.25, -0.2) is 4.98 Å². The summed E-state index contributed by atoms with van der Waals surface area (Å²) < 4.78 is 5.10. The predicted octanol–water partition coefficient (Wildman–Crippen LogP) is 1.89. The topological polar surface area (TPSA) is 34.2 Å². The van der Waals surface area contributed by atoms with Crippen LogP contribution in [0.4, 0.5) is 0 Å². The van der Waals surface area contributed by atoms with Crippen LogP contribution in [0.25, 0.3) is 0 Å². The first-order valence-electron chi connectivity index (χ1n) is 5.00. The average Bonchev–Trinajstić information content (AvgIpc) is 2.60. The molecule has 0 radical (unpaired) electrons. The second-order valence-electron chi connectivity index (χ2n) is 3.59. The van der Waals surface area contributed by atoms with Gasteiger partial charge in [0.25, 0.3) is 0 Å². The fourth-order valence-electron chi connectivity index (χ4n) is 1.93. The molecule has 0 saturated carbocycles. The van der Waals surface area contributed by atoms with Gasteiger partial charge in [-0.2, -0.15) is 0 Å². The Balaban J connectivity index is 2.24. The summed E-state index contributed by atoms with van der Waals surface area (Å²) in [4.78, 5) is 6.01. The van der Waals surface area contributed by atoms with Crippen LogP contribution in [0.3, 0.4) is 0 Å². The molecule has 1 aromatic heterocycles. The van der Waals surface area contributed by atoms with Gasteiger partial charge in [0.15, 0.2) is 0 Å². The number of ether oxygens (including phenoxy) is 1. The SMILES string of the molecule is CNC1CCCc2nc(COC)sc21. The molecule has 1 N–H and O–H groups in total. The normalized spacial score (nSPS) is 20.9. The van der Waals surface area contributed by atoms with Crippen molar-refractivity contribution in [3.05, 3.63) is 15.6 Å². The van der Waals surface area contributed by atoms with Gasteiger partial charge in [0.2, 0.25) is 0 Å². The summed E-state index contributed by atoms with van der Waals surface area (Å²) in [5, 5.41) is 4.46. The second kappa shape index (κ2) is 4.38. The zero-order valence-corrected chi connectivity index (χ0v) is 9.49. The molecule has 0 saturated heterocycles. The van der Waals surface area contributed by atoms with Crippen molar-refractivity contribution in [2.45, 2.75) is 31.9 Å². The van der Waals surface area contributed by atoms with Crippen molar-refractivity contribution in [1.29, 1.82) is 0 Å². The number of rotatable bonds is 3. The Kier molecular flexibility index (Phi) is 3.15. The molecule has 1 atom stereocenters. The van der Waals surface area contributed by atoms with Crippen molar-refractivity contribution in [2.75, 3.05) is 14.2 Å². The van der Waals surface area contributed by atoms with Crippen LogP contribution in [0.2, 0.25) is 0 Å². The lowest BCUT2D eigenvalue weighted by atomic mass is 9.98. The summed E-state index contributed by atoms with van der Waals surface area (Å²) in [5.74, 6) is 0. The van der Waals surface area contributed by atoms with Crippen LogP contribution in [-0.2, 0) is 17.8 Å². The average molecular weight is 212 g/mol. The molecule has 1 heterocycles. The molecule has 0 amide bonds. The highest BCUT2D eigenvalue weighted by atomic mass is 32.1. The summed E-state index contributed by atoms with van der Waals surface area (Å²) in [5.41, 5.74) is 1.28. The summed E-state index contributed by atoms with van der Waals surface area (Å²) in [6.07, 6.45) is 3.61. The van der Waals surface area contributed by atoms with Crippen molar-refractivity contribution in [2.24, 2.45) is 0 Å². The minimum absolute atomic E-state index is 0.516. The first-order chi connectivity index (χ1) is 6.85. The van der Waals surface area contributed by atoms with E-state index in [0.29, 0.717) is 12.6 Å². The molecular weight excluding hydrogens is 196 g/mol. The molecule has 0 aliphatic heterocycles. The number of nitrogens with zero attached hydrogens (tertiary/aromatic N) is 1. The number of aryl methyl sites for hydroxylation is 1. The van der Waals surface area contributed by atoms with Crippen LogP contribution < -0.4 is 5.32 Å². The van der Waals surface area contributed by atoms with E-state index in [-0.39, 0.29) is 0 Å². The van der Waals surface area contributed by atoms with Crippen LogP contribution in [0.5, 0.6) is 0 Å². The van der Waals surface area contributed by atoms with Gasteiger partial charge in [-0.1, -0.05) is 0 Å². The van der Waals surface area contributed by atoms with E-state index in [1.165, 1.54) is 23.4 Å². The summed E-state index contributed by atoms with van der Waals surface area (Å²) in [6.45, 7) is 0.647. The lowest BCUT2D eigenvalue weighted by molar-refractivity contribution is 0.184. The maximum absolute atomic E-state index is 5.10. The van der Waals surface area contributed by atoms with Gasteiger partial charge in [-0.3, -0.25) is 0 Å². The van der Waals surface area contributed by atoms with E-state index in [1.54, 1.807) is 18.4 Å². The molecule has 0 aromatic carbocycles. The quantitative estimate of drug-likeness (QED) is 0.830. The highest BCUT2D eigenvalue weighted by molar-refractivity contribution is 7.11. The third-order valence-electron chi connectivity index (χ3n) is 2.61. The monoisotopic (exact) mass is 212 g/mol. The van der Waals surface area contributed by atoms with Gasteiger partial charge in [-0.05, 0) is 26.3 Å². The van der Waals surface area contributed by atoms with E-state index < -0.39 is 0 Å². The van der Waals surface area contributed by atoms with Gasteiger partial charge in [0.05, 0.1) is 12.3 Å². The molecule has 1 aromatic rings. The lowest BCUT2D eigenvalue weighted by Crippen LogP contribution is -2.19. The van der Waals surface area contributed by atoms with Crippen molar-refractivity contribution < 1.29 is 4.74 Å². The number of methoxy groups -OCH3 is 1. The van der Waals surface area contributed by atoms with Gasteiger partial charge < -0.3 is 10.1 Å². The number of aromatic nitrogens is 1. The van der Waals surface area contributed by atoms with Crippen molar-refractivity contribution in [1.82, 2.24) is 10.3 Å². The summed E-state index contributed by atoms with van der Waals surface area (Å²) in [7, 11) is 3.74. The van der Waals surface area contributed by atoms with E-state index in [2.05, 4.69) is 10.3 Å². The van der Waals surface area contributed by atoms with Gasteiger partial charge in [0, 0.05) is 18.0 Å². The number of hydrogen-bond donors (Lipinski definition) is 1. The highest BCUT2D eigenvalue weighted by Crippen LogP contribution is 2.33. The van der Waals surface area contributed by atoms with Crippen molar-refractivity contribution in [3.63, 3.8) is 0 Å². The van der Waals surface area contributed by atoms with Gasteiger partial charge in [-0.15, -0.1) is 11.3 Å². The Hall–Kier alpha value is -0.450. The molecule has 1 aliphatic rings. The molecule has 0 bridgehead atoms. The van der Waals surface area contributed by atoms with Gasteiger partial charge >= 0.3 is 0 Å². The second-order valence-corrected chi connectivity index (χ2v) is 4.70. The van der Waals surface area contributed by atoms with Crippen LogP contribution in [-0.4, -0.2) is 19.1 Å². The molecule has 0 spiro atoms. The number of hydrogen-bond acceptors (Lipinski definition) is 4. The molecule has 14 heavy (non-hydrogen) atoms. The molecule has 78 valence electrons. The molecule has 0 fully saturated rings. The van der Waals surface area contributed by atoms with E-state index in [4.69, 9.17) is 4.74 Å². The predicted molar refractivity (Wildman–Crippen MR) is 57.6 cm³/mol. The number of fused-ring (bicyclic) bond motifs is 1. The minimum atomic E-state index is 0.516. The molecular formula is C10H16N2OS. The van der Waals surface area contributed by atoms with Crippen molar-refractivity contribution >= 4 is 11.3 Å². The summed E-state index contributed by atoms with van der Waals surface area (Å²) >= 11 is 1.79. The Bertz CT molecular complexity index is 311. The third kappa shape index (κ3) is 1.82. The molecule has 1 aliphatic carbocycles. The van der Waals surface area contributed by atoms with Gasteiger partial charge in [0.1, 0.15) is 5.01 Å². The minimum Gasteiger partial charge on any atom is -0.378 e. The van der Waals surface area contributed by atoms with Crippen LogP contribution >= 0.6 is 11.3 Å². The first kappa shape index (κ1) is 10.1. The van der Waals surface area contributed by atoms with Crippen LogP contribution in [0.15, 0.2) is 0 Å². The van der Waals surface area contributed by atoms with E-state index in [1.807, 2.05) is 7.05 Å². The molecule has 4 heteroatoms. The zero-order chi connectivity index (χ0) is 9.97. The summed E-state index contributed by atoms with van der Waals surface area (Å²) in [6, 6.07) is 0.516. The van der Waals surface area contributed by atoms with Crippen LogP contribution in [0.1, 0.15) is 34.5 Å². The molecule has 2 rings (SSSR count). The lowest BCUT2D eigenvalue weighted by Gasteiger charge is -2.20. The largest absolute Gasteiger partial charge is 0.378 e. The zero-order valence-electron chi connectivity index (χ0n) is 8.67. The molecule has 3 nitrogen and oxygen atoms in total. The first-order valence-corrected chi connectivity index (χ1v) is 5.81. The Labute approximate surface area is 88.5 Å².